The predicted octanol–water partition coefficient (Wildman–Crippen LogP) is 2.62. The quantitative estimate of drug-likeness (QED) is 0.390. The molecule has 9 heteroatoms. The average Bonchev–Trinajstić information content (AvgIpc) is 3.07. The molecule has 0 unspecified atom stereocenters. The molecular formula is C17H15ClN6O2. The molecule has 0 amide bonds. The van der Waals surface area contributed by atoms with Gasteiger partial charge in [0.15, 0.2) is 17.3 Å². The summed E-state index contributed by atoms with van der Waals surface area (Å²) in [6.45, 7) is 0.365. The SMILES string of the molecule is N/C(=N\N=C\c1cccc(OCc2ccccc2Cl)c1)c1nonc1N. The smallest absolute Gasteiger partial charge is 0.199 e. The van der Waals surface area contributed by atoms with Crippen LogP contribution in [0.1, 0.15) is 16.8 Å². The number of benzene rings is 2. The van der Waals surface area contributed by atoms with E-state index in [1.165, 1.54) is 6.21 Å². The summed E-state index contributed by atoms with van der Waals surface area (Å²) in [7, 11) is 0. The molecule has 0 aliphatic heterocycles. The molecule has 4 N–H and O–H groups in total. The third kappa shape index (κ3) is 4.37. The standard InChI is InChI=1S/C17H15ClN6O2/c18-14-7-2-1-5-12(14)10-25-13-6-3-4-11(8-13)9-21-22-16(19)15-17(20)24-26-23-15/h1-9H,10H2,(H2,19,22)(H2,20,24)/b21-9+. The van der Waals surface area contributed by atoms with Gasteiger partial charge in [0, 0.05) is 10.6 Å². The minimum Gasteiger partial charge on any atom is -0.489 e. The summed E-state index contributed by atoms with van der Waals surface area (Å²) in [5, 5.41) is 15.4. The number of amidine groups is 1. The first kappa shape index (κ1) is 17.4. The second-order valence-electron chi connectivity index (χ2n) is 5.18. The lowest BCUT2D eigenvalue weighted by atomic mass is 10.2. The zero-order valence-electron chi connectivity index (χ0n) is 13.5. The number of anilines is 1. The monoisotopic (exact) mass is 370 g/mol. The summed E-state index contributed by atoms with van der Waals surface area (Å²) in [4.78, 5) is 0. The summed E-state index contributed by atoms with van der Waals surface area (Å²) < 4.78 is 10.2. The molecule has 1 aromatic heterocycles. The maximum atomic E-state index is 6.12. The van der Waals surface area contributed by atoms with Crippen molar-refractivity contribution in [3.63, 3.8) is 0 Å². The van der Waals surface area contributed by atoms with E-state index < -0.39 is 0 Å². The molecule has 8 nitrogen and oxygen atoms in total. The topological polar surface area (TPSA) is 125 Å². The minimum atomic E-state index is 0.00567. The van der Waals surface area contributed by atoms with Gasteiger partial charge in [-0.1, -0.05) is 41.9 Å². The van der Waals surface area contributed by atoms with Crippen LogP contribution in [0.4, 0.5) is 5.82 Å². The van der Waals surface area contributed by atoms with E-state index in [2.05, 4.69) is 25.1 Å². The van der Waals surface area contributed by atoms with Crippen LogP contribution >= 0.6 is 11.6 Å². The number of ether oxygens (including phenoxy) is 1. The summed E-state index contributed by atoms with van der Waals surface area (Å²) >= 11 is 6.12. The predicted molar refractivity (Wildman–Crippen MR) is 99.3 cm³/mol. The summed E-state index contributed by atoms with van der Waals surface area (Å²) in [5.41, 5.74) is 13.1. The Balaban J connectivity index is 1.65. The van der Waals surface area contributed by atoms with Crippen LogP contribution in [0.25, 0.3) is 0 Å². The Hall–Kier alpha value is -3.39. The van der Waals surface area contributed by atoms with Crippen molar-refractivity contribution in [3.8, 4) is 5.75 Å². The van der Waals surface area contributed by atoms with Gasteiger partial charge in [-0.05, 0) is 34.1 Å². The molecule has 0 bridgehead atoms. The molecule has 132 valence electrons. The molecule has 26 heavy (non-hydrogen) atoms. The molecule has 3 aromatic rings. The van der Waals surface area contributed by atoms with Crippen molar-refractivity contribution in [1.82, 2.24) is 10.3 Å². The van der Waals surface area contributed by atoms with Crippen molar-refractivity contribution < 1.29 is 9.37 Å². The number of nitrogens with zero attached hydrogens (tertiary/aromatic N) is 4. The second kappa shape index (κ2) is 8.13. The van der Waals surface area contributed by atoms with Gasteiger partial charge >= 0.3 is 0 Å². The highest BCUT2D eigenvalue weighted by Gasteiger charge is 2.09. The van der Waals surface area contributed by atoms with Crippen LogP contribution in [0.5, 0.6) is 5.75 Å². The molecule has 0 spiro atoms. The number of nitrogen functional groups attached to an aromatic ring is 1. The summed E-state index contributed by atoms with van der Waals surface area (Å²) in [5.74, 6) is 0.735. The lowest BCUT2D eigenvalue weighted by molar-refractivity contribution is 0.306. The van der Waals surface area contributed by atoms with Gasteiger partial charge in [0.05, 0.1) is 6.21 Å². The van der Waals surface area contributed by atoms with Crippen LogP contribution in [0.3, 0.4) is 0 Å². The van der Waals surface area contributed by atoms with Crippen molar-refractivity contribution in [2.75, 3.05) is 5.73 Å². The van der Waals surface area contributed by atoms with Gasteiger partial charge in [-0.25, -0.2) is 4.63 Å². The maximum absolute atomic E-state index is 6.12. The van der Waals surface area contributed by atoms with E-state index in [0.717, 1.165) is 11.1 Å². The molecule has 0 fully saturated rings. The van der Waals surface area contributed by atoms with Crippen molar-refractivity contribution in [1.29, 1.82) is 0 Å². The molecule has 0 saturated heterocycles. The molecular weight excluding hydrogens is 356 g/mol. The molecule has 0 aliphatic rings. The Morgan fingerprint density at radius 2 is 2.04 bits per heavy atom. The van der Waals surface area contributed by atoms with Gasteiger partial charge in [-0.3, -0.25) is 0 Å². The largest absolute Gasteiger partial charge is 0.489 e. The number of hydrogen-bond acceptors (Lipinski definition) is 7. The van der Waals surface area contributed by atoms with Crippen LogP contribution in [-0.4, -0.2) is 22.4 Å². The number of aromatic nitrogens is 2. The van der Waals surface area contributed by atoms with Crippen molar-refractivity contribution >= 4 is 29.5 Å². The molecule has 0 saturated carbocycles. The Bertz CT molecular complexity index is 954. The van der Waals surface area contributed by atoms with Gasteiger partial charge in [-0.2, -0.15) is 5.10 Å². The second-order valence-corrected chi connectivity index (χ2v) is 5.59. The van der Waals surface area contributed by atoms with E-state index in [4.69, 9.17) is 27.8 Å². The Morgan fingerprint density at radius 1 is 1.19 bits per heavy atom. The molecule has 0 atom stereocenters. The van der Waals surface area contributed by atoms with E-state index in [0.29, 0.717) is 17.4 Å². The highest BCUT2D eigenvalue weighted by atomic mass is 35.5. The van der Waals surface area contributed by atoms with E-state index in [1.54, 1.807) is 0 Å². The van der Waals surface area contributed by atoms with Gasteiger partial charge in [0.25, 0.3) is 0 Å². The third-order valence-corrected chi connectivity index (χ3v) is 3.71. The Morgan fingerprint density at radius 3 is 2.81 bits per heavy atom. The maximum Gasteiger partial charge on any atom is 0.199 e. The summed E-state index contributed by atoms with van der Waals surface area (Å²) in [6.07, 6.45) is 1.53. The average molecular weight is 371 g/mol. The summed E-state index contributed by atoms with van der Waals surface area (Å²) in [6, 6.07) is 14.9. The highest BCUT2D eigenvalue weighted by Crippen LogP contribution is 2.19. The van der Waals surface area contributed by atoms with E-state index in [1.807, 2.05) is 48.5 Å². The lowest BCUT2D eigenvalue weighted by Crippen LogP contribution is -2.15. The molecule has 1 heterocycles. The number of hydrogen-bond donors (Lipinski definition) is 2. The van der Waals surface area contributed by atoms with Crippen molar-refractivity contribution in [2.24, 2.45) is 15.9 Å². The molecule has 0 radical (unpaired) electrons. The first-order valence-electron chi connectivity index (χ1n) is 7.54. The van der Waals surface area contributed by atoms with Gasteiger partial charge in [0.2, 0.25) is 0 Å². The van der Waals surface area contributed by atoms with Gasteiger partial charge in [-0.15, -0.1) is 5.10 Å². The van der Waals surface area contributed by atoms with Crippen LogP contribution in [0.15, 0.2) is 63.4 Å². The third-order valence-electron chi connectivity index (χ3n) is 3.34. The van der Waals surface area contributed by atoms with E-state index in [9.17, 15) is 0 Å². The number of rotatable bonds is 6. The van der Waals surface area contributed by atoms with Crippen molar-refractivity contribution in [3.05, 3.63) is 70.4 Å². The van der Waals surface area contributed by atoms with Crippen LogP contribution in [0.2, 0.25) is 5.02 Å². The highest BCUT2D eigenvalue weighted by molar-refractivity contribution is 6.31. The van der Waals surface area contributed by atoms with Crippen molar-refractivity contribution in [2.45, 2.75) is 6.61 Å². The van der Waals surface area contributed by atoms with Crippen LogP contribution in [0, 0.1) is 0 Å². The minimum absolute atomic E-state index is 0.00567. The fourth-order valence-electron chi connectivity index (χ4n) is 2.04. The number of nitrogens with two attached hydrogens (primary N) is 2. The zero-order chi connectivity index (χ0) is 18.4. The van der Waals surface area contributed by atoms with Crippen LogP contribution < -0.4 is 16.2 Å². The fourth-order valence-corrected chi connectivity index (χ4v) is 2.23. The molecule has 3 rings (SSSR count). The van der Waals surface area contributed by atoms with Crippen LogP contribution in [-0.2, 0) is 6.61 Å². The number of halogens is 1. The van der Waals surface area contributed by atoms with E-state index >= 15 is 0 Å². The first-order valence-corrected chi connectivity index (χ1v) is 7.92. The fraction of sp³-hybridized carbons (Fsp3) is 0.0588. The first-order chi connectivity index (χ1) is 12.6. The zero-order valence-corrected chi connectivity index (χ0v) is 14.3. The lowest BCUT2D eigenvalue weighted by Gasteiger charge is -2.08. The van der Waals surface area contributed by atoms with Gasteiger partial charge < -0.3 is 16.2 Å². The Labute approximate surface area is 154 Å². The Kier molecular flexibility index (Phi) is 5.45. The van der Waals surface area contributed by atoms with Gasteiger partial charge in [0.1, 0.15) is 12.4 Å². The normalized spacial score (nSPS) is 11.8. The molecule has 0 aliphatic carbocycles. The molecule has 2 aromatic carbocycles. The van der Waals surface area contributed by atoms with E-state index in [-0.39, 0.29) is 17.3 Å².